The summed E-state index contributed by atoms with van der Waals surface area (Å²) in [6, 6.07) is 3.12. The van der Waals surface area contributed by atoms with Gasteiger partial charge >= 0.3 is 0 Å². The standard InChI is InChI=1S/C9H7N3O2/c13-9(14)8-5-7(1-2-11-8)12-4-3-10-6-12/h1-6H,(H,13,14)/p-1. The fourth-order valence-corrected chi connectivity index (χ4v) is 1.10. The highest BCUT2D eigenvalue weighted by Crippen LogP contribution is 2.06. The number of rotatable bonds is 2. The third-order valence-corrected chi connectivity index (χ3v) is 1.76. The number of hydrogen-bond acceptors (Lipinski definition) is 4. The van der Waals surface area contributed by atoms with Gasteiger partial charge in [-0.1, -0.05) is 0 Å². The van der Waals surface area contributed by atoms with Crippen LogP contribution in [0.2, 0.25) is 0 Å². The molecule has 0 radical (unpaired) electrons. The Labute approximate surface area is 79.7 Å². The fraction of sp³-hybridized carbons (Fsp3) is 0. The molecule has 2 heterocycles. The molecule has 0 aliphatic rings. The number of carbonyl (C=O) groups is 1. The van der Waals surface area contributed by atoms with Crippen molar-refractivity contribution in [3.8, 4) is 5.69 Å². The van der Waals surface area contributed by atoms with Crippen molar-refractivity contribution in [2.75, 3.05) is 0 Å². The first-order valence-corrected chi connectivity index (χ1v) is 3.93. The predicted molar refractivity (Wildman–Crippen MR) is 45.7 cm³/mol. The van der Waals surface area contributed by atoms with Crippen LogP contribution in [0.25, 0.3) is 5.69 Å². The molecule has 0 saturated heterocycles. The van der Waals surface area contributed by atoms with E-state index in [-0.39, 0.29) is 5.69 Å². The van der Waals surface area contributed by atoms with Crippen LogP contribution in [0.3, 0.4) is 0 Å². The van der Waals surface area contributed by atoms with Crippen molar-refractivity contribution >= 4 is 5.97 Å². The maximum atomic E-state index is 10.5. The Bertz CT molecular complexity index is 451. The summed E-state index contributed by atoms with van der Waals surface area (Å²) in [4.78, 5) is 18.0. The maximum Gasteiger partial charge on any atom is 0.0991 e. The summed E-state index contributed by atoms with van der Waals surface area (Å²) in [5.74, 6) is -1.29. The number of pyridine rings is 1. The molecule has 2 aromatic rings. The van der Waals surface area contributed by atoms with E-state index in [2.05, 4.69) is 9.97 Å². The molecular formula is C9H6N3O2-. The van der Waals surface area contributed by atoms with Crippen LogP contribution in [0.1, 0.15) is 10.5 Å². The third-order valence-electron chi connectivity index (χ3n) is 1.76. The van der Waals surface area contributed by atoms with Crippen LogP contribution < -0.4 is 5.11 Å². The van der Waals surface area contributed by atoms with Crippen molar-refractivity contribution in [2.45, 2.75) is 0 Å². The quantitative estimate of drug-likeness (QED) is 0.644. The van der Waals surface area contributed by atoms with E-state index in [1.807, 2.05) is 0 Å². The second-order valence-electron chi connectivity index (χ2n) is 2.66. The van der Waals surface area contributed by atoms with Crippen LogP contribution in [0.15, 0.2) is 37.1 Å². The van der Waals surface area contributed by atoms with E-state index < -0.39 is 5.97 Å². The van der Waals surface area contributed by atoms with Gasteiger partial charge in [0.2, 0.25) is 0 Å². The summed E-state index contributed by atoms with van der Waals surface area (Å²) in [6.07, 6.45) is 6.32. The van der Waals surface area contributed by atoms with Crippen LogP contribution >= 0.6 is 0 Å². The molecule has 5 nitrogen and oxygen atoms in total. The average molecular weight is 188 g/mol. The summed E-state index contributed by atoms with van der Waals surface area (Å²) in [5, 5.41) is 10.5. The Hall–Kier alpha value is -2.17. The molecule has 0 amide bonds. The molecule has 2 rings (SSSR count). The second-order valence-corrected chi connectivity index (χ2v) is 2.66. The first-order chi connectivity index (χ1) is 6.77. The zero-order valence-corrected chi connectivity index (χ0v) is 7.12. The van der Waals surface area contributed by atoms with Crippen LogP contribution in [-0.4, -0.2) is 20.5 Å². The van der Waals surface area contributed by atoms with E-state index >= 15 is 0 Å². The van der Waals surface area contributed by atoms with Crippen LogP contribution in [0.4, 0.5) is 0 Å². The normalized spacial score (nSPS) is 10.0. The fourth-order valence-electron chi connectivity index (χ4n) is 1.10. The number of carbonyl (C=O) groups excluding carboxylic acids is 1. The van der Waals surface area contributed by atoms with Crippen LogP contribution in [0.5, 0.6) is 0 Å². The second kappa shape index (κ2) is 3.29. The predicted octanol–water partition coefficient (Wildman–Crippen LogP) is -0.369. The number of aromatic carboxylic acids is 1. The smallest absolute Gasteiger partial charge is 0.0991 e. The Balaban J connectivity index is 2.46. The minimum absolute atomic E-state index is 0.0869. The molecule has 0 saturated carbocycles. The van der Waals surface area contributed by atoms with Gasteiger partial charge in [0.05, 0.1) is 23.7 Å². The average Bonchev–Trinajstić information content (AvgIpc) is 2.71. The van der Waals surface area contributed by atoms with Crippen molar-refractivity contribution in [3.05, 3.63) is 42.7 Å². The van der Waals surface area contributed by atoms with E-state index in [0.717, 1.165) is 0 Å². The lowest BCUT2D eigenvalue weighted by Gasteiger charge is -2.04. The van der Waals surface area contributed by atoms with Gasteiger partial charge in [-0.15, -0.1) is 0 Å². The molecule has 0 aromatic carbocycles. The maximum absolute atomic E-state index is 10.5. The zero-order chi connectivity index (χ0) is 9.97. The Morgan fingerprint density at radius 2 is 2.29 bits per heavy atom. The van der Waals surface area contributed by atoms with Crippen molar-refractivity contribution in [1.29, 1.82) is 0 Å². The zero-order valence-electron chi connectivity index (χ0n) is 7.12. The topological polar surface area (TPSA) is 70.8 Å². The summed E-state index contributed by atoms with van der Waals surface area (Å²) in [6.45, 7) is 0. The minimum atomic E-state index is -1.29. The van der Waals surface area contributed by atoms with Crippen molar-refractivity contribution in [3.63, 3.8) is 0 Å². The molecule has 0 atom stereocenters. The molecule has 0 N–H and O–H groups in total. The number of carboxylic acid groups (broad SMARTS) is 1. The first kappa shape index (κ1) is 8.43. The van der Waals surface area contributed by atoms with Crippen molar-refractivity contribution in [2.24, 2.45) is 0 Å². The van der Waals surface area contributed by atoms with Crippen LogP contribution in [0, 0.1) is 0 Å². The molecule has 2 aromatic heterocycles. The third kappa shape index (κ3) is 1.47. The molecule has 0 aliphatic carbocycles. The highest BCUT2D eigenvalue weighted by molar-refractivity contribution is 5.83. The molecule has 0 bridgehead atoms. The van der Waals surface area contributed by atoms with E-state index in [1.165, 1.54) is 12.3 Å². The molecule has 0 fully saturated rings. The van der Waals surface area contributed by atoms with Gasteiger partial charge in [-0.25, -0.2) is 4.98 Å². The number of nitrogens with zero attached hydrogens (tertiary/aromatic N) is 3. The lowest BCUT2D eigenvalue weighted by Crippen LogP contribution is -2.23. The summed E-state index contributed by atoms with van der Waals surface area (Å²) in [5.41, 5.74) is 0.605. The molecular weight excluding hydrogens is 182 g/mol. The highest BCUT2D eigenvalue weighted by atomic mass is 16.4. The van der Waals surface area contributed by atoms with E-state index in [4.69, 9.17) is 0 Å². The van der Waals surface area contributed by atoms with Gasteiger partial charge in [-0.2, -0.15) is 0 Å². The van der Waals surface area contributed by atoms with E-state index in [0.29, 0.717) is 5.69 Å². The minimum Gasteiger partial charge on any atom is -0.543 e. The summed E-state index contributed by atoms with van der Waals surface area (Å²) in [7, 11) is 0. The number of imidazole rings is 1. The lowest BCUT2D eigenvalue weighted by molar-refractivity contribution is -0.255. The molecule has 0 aliphatic heterocycles. The number of aromatic nitrogens is 3. The number of carboxylic acids is 1. The number of hydrogen-bond donors (Lipinski definition) is 0. The Kier molecular flexibility index (Phi) is 1.98. The summed E-state index contributed by atoms with van der Waals surface area (Å²) < 4.78 is 1.69. The van der Waals surface area contributed by atoms with Gasteiger partial charge < -0.3 is 14.5 Å². The van der Waals surface area contributed by atoms with Crippen molar-refractivity contribution < 1.29 is 9.90 Å². The SMILES string of the molecule is O=C([O-])c1cc(-n2ccnc2)ccn1. The Morgan fingerprint density at radius 3 is 2.93 bits per heavy atom. The highest BCUT2D eigenvalue weighted by Gasteiger charge is 1.98. The van der Waals surface area contributed by atoms with Gasteiger partial charge in [0, 0.05) is 18.6 Å². The van der Waals surface area contributed by atoms with Crippen LogP contribution in [-0.2, 0) is 0 Å². The molecule has 70 valence electrons. The molecule has 5 heteroatoms. The van der Waals surface area contributed by atoms with E-state index in [1.54, 1.807) is 29.4 Å². The summed E-state index contributed by atoms with van der Waals surface area (Å²) >= 11 is 0. The first-order valence-electron chi connectivity index (χ1n) is 3.93. The Morgan fingerprint density at radius 1 is 1.43 bits per heavy atom. The van der Waals surface area contributed by atoms with Gasteiger partial charge in [0.1, 0.15) is 0 Å². The van der Waals surface area contributed by atoms with Gasteiger partial charge in [-0.3, -0.25) is 4.98 Å². The van der Waals surface area contributed by atoms with Gasteiger partial charge in [0.15, 0.2) is 0 Å². The largest absolute Gasteiger partial charge is 0.543 e. The van der Waals surface area contributed by atoms with Crippen molar-refractivity contribution in [1.82, 2.24) is 14.5 Å². The van der Waals surface area contributed by atoms with E-state index in [9.17, 15) is 9.90 Å². The lowest BCUT2D eigenvalue weighted by atomic mass is 10.3. The molecule has 14 heavy (non-hydrogen) atoms. The van der Waals surface area contributed by atoms with Gasteiger partial charge in [-0.05, 0) is 12.1 Å². The molecule has 0 spiro atoms. The van der Waals surface area contributed by atoms with Gasteiger partial charge in [0.25, 0.3) is 0 Å². The monoisotopic (exact) mass is 188 g/mol. The molecule has 0 unspecified atom stereocenters.